The smallest absolute Gasteiger partial charge is 0.257 e. The average molecular weight is 487 g/mol. The number of aryl methyl sites for hydroxylation is 2. The molecule has 8 heteroatoms. The van der Waals surface area contributed by atoms with Gasteiger partial charge in [-0.15, -0.1) is 12.4 Å². The Morgan fingerprint density at radius 2 is 1.85 bits per heavy atom. The molecule has 1 saturated heterocycles. The van der Waals surface area contributed by atoms with Crippen molar-refractivity contribution in [2.75, 3.05) is 25.5 Å². The number of hydrogen-bond acceptors (Lipinski definition) is 5. The summed E-state index contributed by atoms with van der Waals surface area (Å²) in [6, 6.07) is 10.9. The molecule has 1 aromatic heterocycles. The SMILES string of the molecule is Cc1cc(-c2nc(CN(C)C)no2)cc(C)c1N1C[C@@H](Cc2ccccc2F)C[C@@H](C)C1=O.Cl. The molecule has 6 nitrogen and oxygen atoms in total. The minimum Gasteiger partial charge on any atom is -0.334 e. The summed E-state index contributed by atoms with van der Waals surface area (Å²) in [5, 5.41) is 4.06. The van der Waals surface area contributed by atoms with Gasteiger partial charge in [0.2, 0.25) is 5.91 Å². The van der Waals surface area contributed by atoms with Crippen LogP contribution in [-0.2, 0) is 17.8 Å². The largest absolute Gasteiger partial charge is 0.334 e. The van der Waals surface area contributed by atoms with Gasteiger partial charge in [-0.3, -0.25) is 4.79 Å². The van der Waals surface area contributed by atoms with Gasteiger partial charge in [0.05, 0.1) is 6.54 Å². The maximum atomic E-state index is 14.2. The lowest BCUT2D eigenvalue weighted by molar-refractivity contribution is -0.124. The predicted molar refractivity (Wildman–Crippen MR) is 134 cm³/mol. The van der Waals surface area contributed by atoms with Crippen LogP contribution in [0.3, 0.4) is 0 Å². The van der Waals surface area contributed by atoms with Crippen molar-refractivity contribution < 1.29 is 13.7 Å². The first-order valence-electron chi connectivity index (χ1n) is 11.4. The van der Waals surface area contributed by atoms with Gasteiger partial charge in [-0.25, -0.2) is 4.39 Å². The fourth-order valence-corrected chi connectivity index (χ4v) is 4.84. The number of aromatic nitrogens is 2. The van der Waals surface area contributed by atoms with E-state index in [4.69, 9.17) is 4.52 Å². The van der Waals surface area contributed by atoms with Crippen LogP contribution in [0, 0.1) is 31.5 Å². The first kappa shape index (κ1) is 25.8. The maximum absolute atomic E-state index is 14.2. The van der Waals surface area contributed by atoms with Gasteiger partial charge in [0.25, 0.3) is 5.89 Å². The first-order valence-corrected chi connectivity index (χ1v) is 11.4. The highest BCUT2D eigenvalue weighted by molar-refractivity contribution is 5.97. The molecule has 0 saturated carbocycles. The Morgan fingerprint density at radius 3 is 2.50 bits per heavy atom. The fraction of sp³-hybridized carbons (Fsp3) is 0.423. The second-order valence-electron chi connectivity index (χ2n) is 9.46. The van der Waals surface area contributed by atoms with Crippen LogP contribution in [0.4, 0.5) is 10.1 Å². The fourth-order valence-electron chi connectivity index (χ4n) is 4.84. The number of carbonyl (C=O) groups excluding carboxylic acids is 1. The van der Waals surface area contributed by atoms with Crippen molar-refractivity contribution in [3.05, 3.63) is 64.7 Å². The second kappa shape index (κ2) is 10.7. The van der Waals surface area contributed by atoms with Crippen LogP contribution < -0.4 is 4.90 Å². The van der Waals surface area contributed by atoms with Crippen LogP contribution in [0.15, 0.2) is 40.9 Å². The van der Waals surface area contributed by atoms with E-state index in [-0.39, 0.29) is 36.0 Å². The summed E-state index contributed by atoms with van der Waals surface area (Å²) in [6.07, 6.45) is 1.38. The van der Waals surface area contributed by atoms with Crippen molar-refractivity contribution in [2.24, 2.45) is 11.8 Å². The zero-order valence-electron chi connectivity index (χ0n) is 20.3. The molecule has 0 spiro atoms. The van der Waals surface area contributed by atoms with Gasteiger partial charge < -0.3 is 14.3 Å². The minimum absolute atomic E-state index is 0. The number of hydrogen-bond donors (Lipinski definition) is 0. The highest BCUT2D eigenvalue weighted by atomic mass is 35.5. The number of amides is 1. The molecule has 0 unspecified atom stereocenters. The van der Waals surface area contributed by atoms with Crippen LogP contribution in [0.2, 0.25) is 0 Å². The quantitative estimate of drug-likeness (QED) is 0.478. The molecule has 4 rings (SSSR count). The zero-order chi connectivity index (χ0) is 23.7. The van der Waals surface area contributed by atoms with Crippen LogP contribution in [0.25, 0.3) is 11.5 Å². The molecule has 0 N–H and O–H groups in total. The Bertz CT molecular complexity index is 1140. The third kappa shape index (κ3) is 5.47. The lowest BCUT2D eigenvalue weighted by atomic mass is 9.84. The van der Waals surface area contributed by atoms with Crippen molar-refractivity contribution in [2.45, 2.75) is 40.2 Å². The molecule has 182 valence electrons. The second-order valence-corrected chi connectivity index (χ2v) is 9.46. The van der Waals surface area contributed by atoms with Gasteiger partial charge in [-0.2, -0.15) is 4.98 Å². The third-order valence-electron chi connectivity index (χ3n) is 6.22. The predicted octanol–water partition coefficient (Wildman–Crippen LogP) is 5.21. The lowest BCUT2D eigenvalue weighted by Crippen LogP contribution is -2.46. The van der Waals surface area contributed by atoms with E-state index in [1.54, 1.807) is 6.07 Å². The molecule has 3 aromatic rings. The van der Waals surface area contributed by atoms with E-state index < -0.39 is 0 Å². The Labute approximate surface area is 206 Å². The molecule has 0 aliphatic carbocycles. The Hall–Kier alpha value is -2.77. The number of benzene rings is 2. The van der Waals surface area contributed by atoms with Crippen LogP contribution >= 0.6 is 12.4 Å². The van der Waals surface area contributed by atoms with Gasteiger partial charge in [0, 0.05) is 23.7 Å². The monoisotopic (exact) mass is 486 g/mol. The molecule has 1 amide bonds. The van der Waals surface area contributed by atoms with Crippen LogP contribution in [0.1, 0.15) is 35.9 Å². The summed E-state index contributed by atoms with van der Waals surface area (Å²) in [6.45, 7) is 7.14. The van der Waals surface area contributed by atoms with Crippen molar-refractivity contribution in [1.82, 2.24) is 15.0 Å². The number of rotatable bonds is 6. The Morgan fingerprint density at radius 1 is 1.18 bits per heavy atom. The Balaban J connectivity index is 0.00000324. The van der Waals surface area contributed by atoms with E-state index in [9.17, 15) is 9.18 Å². The van der Waals surface area contributed by atoms with Crippen LogP contribution in [0.5, 0.6) is 0 Å². The lowest BCUT2D eigenvalue weighted by Gasteiger charge is -2.38. The molecule has 2 aromatic carbocycles. The topological polar surface area (TPSA) is 62.5 Å². The number of carbonyl (C=O) groups is 1. The highest BCUT2D eigenvalue weighted by Crippen LogP contribution is 2.36. The highest BCUT2D eigenvalue weighted by Gasteiger charge is 2.34. The number of anilines is 1. The number of piperidine rings is 1. The van der Waals surface area contributed by atoms with Crippen molar-refractivity contribution in [3.8, 4) is 11.5 Å². The summed E-state index contributed by atoms with van der Waals surface area (Å²) in [4.78, 5) is 21.5. The summed E-state index contributed by atoms with van der Waals surface area (Å²) in [7, 11) is 3.91. The zero-order valence-corrected chi connectivity index (χ0v) is 21.2. The molecule has 2 atom stereocenters. The summed E-state index contributed by atoms with van der Waals surface area (Å²) in [5.41, 5.74) is 4.42. The summed E-state index contributed by atoms with van der Waals surface area (Å²) in [5.74, 6) is 1.12. The van der Waals surface area contributed by atoms with Gasteiger partial charge in [-0.05, 0) is 81.6 Å². The summed E-state index contributed by atoms with van der Waals surface area (Å²) >= 11 is 0. The summed E-state index contributed by atoms with van der Waals surface area (Å²) < 4.78 is 19.7. The van der Waals surface area contributed by atoms with Gasteiger partial charge in [0.1, 0.15) is 5.82 Å². The average Bonchev–Trinajstić information content (AvgIpc) is 3.20. The molecule has 0 bridgehead atoms. The van der Waals surface area contributed by atoms with Gasteiger partial charge in [0.15, 0.2) is 5.82 Å². The van der Waals surface area contributed by atoms with Crippen molar-refractivity contribution in [3.63, 3.8) is 0 Å². The molecule has 2 heterocycles. The van der Waals surface area contributed by atoms with Gasteiger partial charge >= 0.3 is 0 Å². The van der Waals surface area contributed by atoms with E-state index in [0.717, 1.165) is 28.8 Å². The minimum atomic E-state index is -0.182. The maximum Gasteiger partial charge on any atom is 0.257 e. The van der Waals surface area contributed by atoms with Gasteiger partial charge in [-0.1, -0.05) is 30.3 Å². The molecular formula is C26H32ClFN4O2. The first-order chi connectivity index (χ1) is 15.7. The van der Waals surface area contributed by atoms with Crippen molar-refractivity contribution >= 4 is 24.0 Å². The molecule has 34 heavy (non-hydrogen) atoms. The van der Waals surface area contributed by atoms with E-state index in [1.165, 1.54) is 6.07 Å². The van der Waals surface area contributed by atoms with E-state index >= 15 is 0 Å². The third-order valence-corrected chi connectivity index (χ3v) is 6.22. The van der Waals surface area contributed by atoms with E-state index in [0.29, 0.717) is 36.8 Å². The molecule has 0 radical (unpaired) electrons. The normalized spacial score (nSPS) is 18.3. The van der Waals surface area contributed by atoms with Crippen molar-refractivity contribution in [1.29, 1.82) is 0 Å². The molecule has 1 aliphatic heterocycles. The van der Waals surface area contributed by atoms with Crippen LogP contribution in [-0.4, -0.2) is 41.6 Å². The standard InChI is InChI=1S/C26H31FN4O2.ClH/c1-16-11-21(25-28-23(29-33-25)15-30(4)5)12-17(2)24(16)31-14-19(10-18(3)26(31)32)13-20-8-6-7-9-22(20)27;/h6-9,11-12,18-19H,10,13-15H2,1-5H3;1H/t18-,19-;/m1./s1. The number of halogens is 2. The number of nitrogens with zero attached hydrogens (tertiary/aromatic N) is 4. The molecule has 1 fully saturated rings. The molecule has 1 aliphatic rings. The van der Waals surface area contributed by atoms with E-state index in [2.05, 4.69) is 10.1 Å². The molecular weight excluding hydrogens is 455 g/mol. The van der Waals surface area contributed by atoms with E-state index in [1.807, 2.05) is 68.9 Å². The Kier molecular flexibility index (Phi) is 8.10.